The highest BCUT2D eigenvalue weighted by molar-refractivity contribution is 6.00. The van der Waals surface area contributed by atoms with E-state index in [1.165, 1.54) is 0 Å². The predicted molar refractivity (Wildman–Crippen MR) is 97.0 cm³/mol. The lowest BCUT2D eigenvalue weighted by Crippen LogP contribution is -2.45. The Morgan fingerprint density at radius 3 is 2.92 bits per heavy atom. The molecule has 6 nitrogen and oxygen atoms in total. The van der Waals surface area contributed by atoms with Gasteiger partial charge in [0.15, 0.2) is 5.78 Å². The van der Waals surface area contributed by atoms with Crippen molar-refractivity contribution < 1.29 is 19.1 Å². The maximum atomic E-state index is 12.6. The summed E-state index contributed by atoms with van der Waals surface area (Å²) in [5, 5.41) is 2.88. The molecule has 2 aliphatic rings. The van der Waals surface area contributed by atoms with Gasteiger partial charge in [-0.25, -0.2) is 4.79 Å². The highest BCUT2D eigenvalue weighted by atomic mass is 16.5. The zero-order valence-electron chi connectivity index (χ0n) is 14.5. The molecule has 6 heteroatoms. The van der Waals surface area contributed by atoms with Crippen LogP contribution in [-0.4, -0.2) is 42.5 Å². The van der Waals surface area contributed by atoms with Crippen LogP contribution in [0.4, 0.5) is 10.5 Å². The summed E-state index contributed by atoms with van der Waals surface area (Å²) in [5.41, 5.74) is 0.663. The van der Waals surface area contributed by atoms with Crippen LogP contribution in [0.25, 0.3) is 0 Å². The maximum Gasteiger partial charge on any atom is 0.321 e. The number of ketones is 1. The van der Waals surface area contributed by atoms with Gasteiger partial charge in [0, 0.05) is 24.7 Å². The molecule has 2 aliphatic heterocycles. The first-order valence-electron chi connectivity index (χ1n) is 8.60. The number of methoxy groups -OCH3 is 1. The summed E-state index contributed by atoms with van der Waals surface area (Å²) in [6.45, 7) is 0.939. The monoisotopic (exact) mass is 352 g/mol. The molecule has 0 aromatic heterocycles. The third-order valence-corrected chi connectivity index (χ3v) is 4.92. The smallest absolute Gasteiger partial charge is 0.321 e. The van der Waals surface area contributed by atoms with E-state index in [1.54, 1.807) is 24.1 Å². The molecule has 0 aliphatic carbocycles. The van der Waals surface area contributed by atoms with Crippen LogP contribution in [0, 0.1) is 0 Å². The molecule has 4 rings (SSSR count). The number of amides is 2. The third kappa shape index (κ3) is 2.98. The van der Waals surface area contributed by atoms with Crippen LogP contribution in [0.5, 0.6) is 11.5 Å². The lowest BCUT2D eigenvalue weighted by molar-refractivity contribution is 0.0482. The lowest BCUT2D eigenvalue weighted by Gasteiger charge is -2.34. The molecule has 1 saturated heterocycles. The fourth-order valence-corrected chi connectivity index (χ4v) is 3.59. The number of ether oxygens (including phenoxy) is 2. The second-order valence-corrected chi connectivity index (χ2v) is 6.71. The number of nitrogens with one attached hydrogen (secondary N) is 1. The number of likely N-dealkylation sites (tertiary alicyclic amines) is 1. The quantitative estimate of drug-likeness (QED) is 0.900. The molecule has 2 amide bonds. The van der Waals surface area contributed by atoms with Crippen molar-refractivity contribution in [1.29, 1.82) is 0 Å². The second-order valence-electron chi connectivity index (χ2n) is 6.71. The van der Waals surface area contributed by atoms with Crippen molar-refractivity contribution in [2.24, 2.45) is 0 Å². The van der Waals surface area contributed by atoms with E-state index in [9.17, 15) is 9.59 Å². The standard InChI is InChI=1S/C20H20N2O4/c1-25-15-6-4-5-14(11-15)21-19(24)22-10-9-20(13-22)12-17(23)16-7-2-3-8-18(16)26-20/h2-8,11H,9-10,12-13H2,1H3,(H,21,24). The summed E-state index contributed by atoms with van der Waals surface area (Å²) in [5.74, 6) is 1.36. The van der Waals surface area contributed by atoms with E-state index in [0.29, 0.717) is 48.7 Å². The first kappa shape index (κ1) is 16.4. The van der Waals surface area contributed by atoms with Gasteiger partial charge >= 0.3 is 6.03 Å². The third-order valence-electron chi connectivity index (χ3n) is 4.92. The number of nitrogens with zero attached hydrogens (tertiary/aromatic N) is 1. The van der Waals surface area contributed by atoms with Crippen molar-refractivity contribution in [2.75, 3.05) is 25.5 Å². The summed E-state index contributed by atoms with van der Waals surface area (Å²) in [7, 11) is 1.58. The van der Waals surface area contributed by atoms with E-state index in [0.717, 1.165) is 0 Å². The number of Topliss-reactive ketones (excluding diaryl/α,β-unsaturated/α-hetero) is 1. The summed E-state index contributed by atoms with van der Waals surface area (Å²) in [6, 6.07) is 14.3. The Labute approximate surface area is 151 Å². The highest BCUT2D eigenvalue weighted by Gasteiger charge is 2.46. The maximum absolute atomic E-state index is 12.6. The number of carbonyl (C=O) groups excluding carboxylic acids is 2. The van der Waals surface area contributed by atoms with E-state index in [-0.39, 0.29) is 11.8 Å². The van der Waals surface area contributed by atoms with Gasteiger partial charge in [0.25, 0.3) is 0 Å². The SMILES string of the molecule is COc1cccc(NC(=O)N2CCC3(CC(=O)c4ccccc4O3)C2)c1. The van der Waals surface area contributed by atoms with Gasteiger partial charge in [-0.1, -0.05) is 18.2 Å². The first-order chi connectivity index (χ1) is 12.6. The number of benzene rings is 2. The molecule has 2 aromatic carbocycles. The summed E-state index contributed by atoms with van der Waals surface area (Å²) in [6.07, 6.45) is 0.936. The van der Waals surface area contributed by atoms with Crippen LogP contribution in [0.1, 0.15) is 23.2 Å². The van der Waals surface area contributed by atoms with E-state index in [2.05, 4.69) is 5.32 Å². The largest absolute Gasteiger partial charge is 0.497 e. The van der Waals surface area contributed by atoms with Gasteiger partial charge in [0.05, 0.1) is 25.6 Å². The number of rotatable bonds is 2. The Balaban J connectivity index is 1.47. The average Bonchev–Trinajstić information content (AvgIpc) is 3.05. The number of urea groups is 1. The number of anilines is 1. The minimum atomic E-state index is -0.628. The van der Waals surface area contributed by atoms with Crippen LogP contribution >= 0.6 is 0 Å². The molecule has 1 spiro atoms. The number of fused-ring (bicyclic) bond motifs is 1. The van der Waals surface area contributed by atoms with Crippen LogP contribution in [-0.2, 0) is 0 Å². The van der Waals surface area contributed by atoms with Crippen molar-refractivity contribution in [1.82, 2.24) is 4.90 Å². The molecular weight excluding hydrogens is 332 g/mol. The molecule has 1 N–H and O–H groups in total. The fourth-order valence-electron chi connectivity index (χ4n) is 3.59. The summed E-state index contributed by atoms with van der Waals surface area (Å²) >= 11 is 0. The van der Waals surface area contributed by atoms with Gasteiger partial charge in [-0.05, 0) is 24.3 Å². The predicted octanol–water partition coefficient (Wildman–Crippen LogP) is 3.34. The zero-order valence-corrected chi connectivity index (χ0v) is 14.5. The number of para-hydroxylation sites is 1. The lowest BCUT2D eigenvalue weighted by atomic mass is 9.89. The minimum Gasteiger partial charge on any atom is -0.497 e. The van der Waals surface area contributed by atoms with Crippen LogP contribution in [0.15, 0.2) is 48.5 Å². The van der Waals surface area contributed by atoms with Gasteiger partial charge in [0.2, 0.25) is 0 Å². The molecule has 2 aromatic rings. The Bertz CT molecular complexity index is 866. The van der Waals surface area contributed by atoms with Crippen LogP contribution in [0.2, 0.25) is 0 Å². The molecule has 1 unspecified atom stereocenters. The number of hydrogen-bond acceptors (Lipinski definition) is 4. The molecule has 0 saturated carbocycles. The molecule has 134 valence electrons. The fraction of sp³-hybridized carbons (Fsp3) is 0.300. The van der Waals surface area contributed by atoms with Crippen LogP contribution < -0.4 is 14.8 Å². The van der Waals surface area contributed by atoms with Crippen molar-refractivity contribution in [2.45, 2.75) is 18.4 Å². The van der Waals surface area contributed by atoms with Gasteiger partial charge in [0.1, 0.15) is 17.1 Å². The van der Waals surface area contributed by atoms with E-state index in [4.69, 9.17) is 9.47 Å². The normalized spacial score (nSPS) is 21.3. The average molecular weight is 352 g/mol. The van der Waals surface area contributed by atoms with Gasteiger partial charge in [-0.3, -0.25) is 4.79 Å². The molecule has 0 radical (unpaired) electrons. The van der Waals surface area contributed by atoms with Crippen LogP contribution in [0.3, 0.4) is 0 Å². The molecule has 0 bridgehead atoms. The Morgan fingerprint density at radius 1 is 1.23 bits per heavy atom. The van der Waals surface area contributed by atoms with Crippen molar-refractivity contribution in [3.63, 3.8) is 0 Å². The van der Waals surface area contributed by atoms with Crippen molar-refractivity contribution in [3.8, 4) is 11.5 Å². The Hall–Kier alpha value is -3.02. The summed E-state index contributed by atoms with van der Waals surface area (Å²) in [4.78, 5) is 26.8. The minimum absolute atomic E-state index is 0.0712. The zero-order chi connectivity index (χ0) is 18.1. The number of hydrogen-bond donors (Lipinski definition) is 1. The second kappa shape index (κ2) is 6.37. The van der Waals surface area contributed by atoms with E-state index >= 15 is 0 Å². The summed E-state index contributed by atoms with van der Waals surface area (Å²) < 4.78 is 11.3. The molecule has 2 heterocycles. The molecule has 1 fully saturated rings. The molecule has 1 atom stereocenters. The topological polar surface area (TPSA) is 67.9 Å². The van der Waals surface area contributed by atoms with Gasteiger partial charge in [-0.15, -0.1) is 0 Å². The first-order valence-corrected chi connectivity index (χ1v) is 8.60. The van der Waals surface area contributed by atoms with Gasteiger partial charge in [-0.2, -0.15) is 0 Å². The molecular formula is C20H20N2O4. The Morgan fingerprint density at radius 2 is 2.08 bits per heavy atom. The number of carbonyl (C=O) groups is 2. The molecule has 26 heavy (non-hydrogen) atoms. The highest BCUT2D eigenvalue weighted by Crippen LogP contribution is 2.38. The van der Waals surface area contributed by atoms with E-state index in [1.807, 2.05) is 36.4 Å². The van der Waals surface area contributed by atoms with Crippen molar-refractivity contribution >= 4 is 17.5 Å². The van der Waals surface area contributed by atoms with Gasteiger partial charge < -0.3 is 19.7 Å². The van der Waals surface area contributed by atoms with E-state index < -0.39 is 5.60 Å². The Kier molecular flexibility index (Phi) is 4.03. The van der Waals surface area contributed by atoms with Crippen molar-refractivity contribution in [3.05, 3.63) is 54.1 Å².